The van der Waals surface area contributed by atoms with Gasteiger partial charge in [0.25, 0.3) is 0 Å². The molecule has 0 radical (unpaired) electrons. The maximum absolute atomic E-state index is 10.3. The Labute approximate surface area is 186 Å². The smallest absolute Gasteiger partial charge is 0.190 e. The van der Waals surface area contributed by atoms with Crippen LogP contribution in [0.15, 0.2) is 87.2 Å². The van der Waals surface area contributed by atoms with Crippen LogP contribution in [-0.4, -0.2) is 30.2 Å². The Morgan fingerprint density at radius 3 is 1.97 bits per heavy atom. The second-order valence-electron chi connectivity index (χ2n) is 7.15. The van der Waals surface area contributed by atoms with Gasteiger partial charge in [-0.1, -0.05) is 18.2 Å². The molecule has 4 rings (SSSR count). The zero-order valence-electron chi connectivity index (χ0n) is 18.1. The molecule has 0 fully saturated rings. The number of aromatic hydroxyl groups is 1. The molecule has 0 spiro atoms. The first-order valence-corrected chi connectivity index (χ1v) is 9.91. The van der Waals surface area contributed by atoms with E-state index in [2.05, 4.69) is 25.5 Å². The highest BCUT2D eigenvalue weighted by atomic mass is 16.4. The van der Waals surface area contributed by atoms with Gasteiger partial charge in [0, 0.05) is 18.6 Å². The van der Waals surface area contributed by atoms with Gasteiger partial charge in [0.2, 0.25) is 0 Å². The molecule has 1 aliphatic rings. The highest BCUT2D eigenvalue weighted by Gasteiger charge is 2.31. The van der Waals surface area contributed by atoms with Crippen LogP contribution in [0.1, 0.15) is 12.5 Å². The zero-order chi connectivity index (χ0) is 23.1. The molecular formula is C23H24N6O3. The monoisotopic (exact) mass is 432 g/mol. The molecule has 3 aromatic carbocycles. The van der Waals surface area contributed by atoms with Crippen molar-refractivity contribution in [2.75, 3.05) is 14.1 Å². The summed E-state index contributed by atoms with van der Waals surface area (Å²) in [5.41, 5.74) is 4.82. The van der Waals surface area contributed by atoms with E-state index in [1.165, 1.54) is 0 Å². The van der Waals surface area contributed by atoms with E-state index in [1.807, 2.05) is 74.8 Å². The van der Waals surface area contributed by atoms with Gasteiger partial charge in [-0.25, -0.2) is 5.01 Å². The average molecular weight is 432 g/mol. The summed E-state index contributed by atoms with van der Waals surface area (Å²) in [6.45, 7) is 1.78. The molecule has 1 heterocycles. The molecule has 9 heteroatoms. The summed E-state index contributed by atoms with van der Waals surface area (Å²) in [5, 5.41) is 39.4. The van der Waals surface area contributed by atoms with Gasteiger partial charge in [-0.3, -0.25) is 0 Å². The highest BCUT2D eigenvalue weighted by Crippen LogP contribution is 2.38. The van der Waals surface area contributed by atoms with Crippen LogP contribution in [0, 0.1) is 0 Å². The van der Waals surface area contributed by atoms with E-state index >= 15 is 0 Å². The fourth-order valence-corrected chi connectivity index (χ4v) is 3.13. The first-order chi connectivity index (χ1) is 15.3. The highest BCUT2D eigenvalue weighted by molar-refractivity contribution is 5.69. The summed E-state index contributed by atoms with van der Waals surface area (Å²) in [4.78, 5) is 8.89. The number of carboxylic acid groups (broad SMARTS) is 1. The van der Waals surface area contributed by atoms with Gasteiger partial charge >= 0.3 is 0 Å². The largest absolute Gasteiger partial charge is 0.550 e. The molecule has 1 unspecified atom stereocenters. The predicted molar refractivity (Wildman–Crippen MR) is 118 cm³/mol. The van der Waals surface area contributed by atoms with E-state index in [0.29, 0.717) is 11.4 Å². The van der Waals surface area contributed by atoms with Gasteiger partial charge in [0.1, 0.15) is 5.75 Å². The van der Waals surface area contributed by atoms with E-state index in [-0.39, 0.29) is 5.75 Å². The standard InChI is InChI=1S/C21H20N6O.C2H4O2/c1-26-14-15-8-13-19(28)20(21(15)27(26)2)25-24-18-11-9-17(10-12-18)23-22-16-6-4-3-5-7-16;1-2(3)4/h3-13,28H,14H2,1-2H3;1H3,(H,3,4). The van der Waals surface area contributed by atoms with Gasteiger partial charge in [0.05, 0.1) is 30.7 Å². The van der Waals surface area contributed by atoms with Gasteiger partial charge in [-0.05, 0) is 55.5 Å². The van der Waals surface area contributed by atoms with Crippen LogP contribution in [-0.2, 0) is 11.3 Å². The first-order valence-electron chi connectivity index (χ1n) is 9.91. The number of rotatable bonds is 4. The lowest BCUT2D eigenvalue weighted by Gasteiger charge is -2.15. The van der Waals surface area contributed by atoms with E-state index < -0.39 is 5.97 Å². The van der Waals surface area contributed by atoms with Gasteiger partial charge in [-0.15, -0.1) is 5.11 Å². The molecular weight excluding hydrogens is 408 g/mol. The third kappa shape index (κ3) is 5.81. The maximum atomic E-state index is 10.3. The van der Waals surface area contributed by atoms with Crippen LogP contribution in [0.2, 0.25) is 0 Å². The van der Waals surface area contributed by atoms with Crippen molar-refractivity contribution in [2.24, 2.45) is 20.5 Å². The predicted octanol–water partition coefficient (Wildman–Crippen LogP) is 3.49. The number of benzene rings is 3. The lowest BCUT2D eigenvalue weighted by atomic mass is 10.1. The average Bonchev–Trinajstić information content (AvgIpc) is 3.07. The third-order valence-electron chi connectivity index (χ3n) is 4.74. The molecule has 164 valence electrons. The number of phenols is 1. The van der Waals surface area contributed by atoms with E-state index in [4.69, 9.17) is 9.90 Å². The van der Waals surface area contributed by atoms with Gasteiger partial charge in [-0.2, -0.15) is 20.4 Å². The lowest BCUT2D eigenvalue weighted by Crippen LogP contribution is -3.08. The number of carboxylic acids is 1. The molecule has 1 aliphatic heterocycles. The number of carbonyl (C=O) groups is 1. The summed E-state index contributed by atoms with van der Waals surface area (Å²) in [7, 11) is 4.05. The fourth-order valence-electron chi connectivity index (χ4n) is 3.13. The number of fused-ring (bicyclic) bond motifs is 1. The number of hydrogen-bond acceptors (Lipinski definition) is 8. The minimum atomic E-state index is -1.08. The second-order valence-corrected chi connectivity index (χ2v) is 7.15. The van der Waals surface area contributed by atoms with Crippen molar-refractivity contribution in [1.82, 2.24) is 5.01 Å². The lowest BCUT2D eigenvalue weighted by molar-refractivity contribution is -0.931. The van der Waals surface area contributed by atoms with Gasteiger partial charge < -0.3 is 15.0 Å². The van der Waals surface area contributed by atoms with Crippen molar-refractivity contribution in [3.05, 3.63) is 72.3 Å². The summed E-state index contributed by atoms with van der Waals surface area (Å²) in [5.74, 6) is -0.953. The molecule has 0 saturated heterocycles. The molecule has 3 aromatic rings. The van der Waals surface area contributed by atoms with Crippen LogP contribution < -0.4 is 10.1 Å². The molecule has 9 nitrogen and oxygen atoms in total. The molecule has 2 N–H and O–H groups in total. The number of aliphatic carboxylic acids is 1. The SMILES string of the molecule is CC(=O)[O-].CN1Cc2ccc(O)c(N=Nc3ccc(N=Nc4ccccc4)cc3)c2[NH+]1C. The normalized spacial score (nSPS) is 15.5. The number of nitrogens with one attached hydrogen (secondary N) is 1. The van der Waals surface area contributed by atoms with Crippen molar-refractivity contribution < 1.29 is 20.0 Å². The Kier molecular flexibility index (Phi) is 7.37. The summed E-state index contributed by atoms with van der Waals surface area (Å²) < 4.78 is 0. The first kappa shape index (κ1) is 22.7. The number of quaternary nitrogens is 1. The Bertz CT molecular complexity index is 1130. The number of azo groups is 2. The Hall–Kier alpha value is -3.95. The topological polar surface area (TPSA) is 117 Å². The summed E-state index contributed by atoms with van der Waals surface area (Å²) >= 11 is 0. The van der Waals surface area contributed by atoms with Crippen LogP contribution in [0.3, 0.4) is 0 Å². The fraction of sp³-hybridized carbons (Fsp3) is 0.174. The van der Waals surface area contributed by atoms with Crippen molar-refractivity contribution in [3.63, 3.8) is 0 Å². The molecule has 0 bridgehead atoms. The number of hydrogen-bond donors (Lipinski definition) is 2. The number of nitrogens with zero attached hydrogens (tertiary/aromatic N) is 5. The maximum Gasteiger partial charge on any atom is 0.190 e. The molecule has 32 heavy (non-hydrogen) atoms. The molecule has 1 atom stereocenters. The minimum absolute atomic E-state index is 0.130. The Morgan fingerprint density at radius 1 is 0.906 bits per heavy atom. The Morgan fingerprint density at radius 2 is 1.41 bits per heavy atom. The summed E-state index contributed by atoms with van der Waals surface area (Å²) in [6.07, 6.45) is 0. The zero-order valence-corrected chi connectivity index (χ0v) is 18.1. The third-order valence-corrected chi connectivity index (χ3v) is 4.74. The molecule has 0 aromatic heterocycles. The van der Waals surface area contributed by atoms with Crippen LogP contribution in [0.4, 0.5) is 28.4 Å². The second kappa shape index (κ2) is 10.4. The van der Waals surface area contributed by atoms with E-state index in [1.54, 1.807) is 6.07 Å². The molecule has 0 aliphatic carbocycles. The number of phenolic OH excluding ortho intramolecular Hbond substituents is 1. The summed E-state index contributed by atoms with van der Waals surface area (Å²) in [6, 6.07) is 20.5. The van der Waals surface area contributed by atoms with Gasteiger partial charge in [0.15, 0.2) is 11.4 Å². The minimum Gasteiger partial charge on any atom is -0.550 e. The van der Waals surface area contributed by atoms with Crippen molar-refractivity contribution in [3.8, 4) is 5.75 Å². The van der Waals surface area contributed by atoms with Crippen molar-refractivity contribution in [1.29, 1.82) is 0 Å². The Balaban J connectivity index is 0.000000668. The molecule has 0 saturated carbocycles. The van der Waals surface area contributed by atoms with Crippen molar-refractivity contribution in [2.45, 2.75) is 13.5 Å². The van der Waals surface area contributed by atoms with Crippen LogP contribution in [0.5, 0.6) is 5.75 Å². The van der Waals surface area contributed by atoms with E-state index in [9.17, 15) is 5.11 Å². The quantitative estimate of drug-likeness (QED) is 0.614. The van der Waals surface area contributed by atoms with E-state index in [0.717, 1.165) is 41.1 Å². The van der Waals surface area contributed by atoms with Crippen LogP contribution >= 0.6 is 0 Å². The van der Waals surface area contributed by atoms with Crippen molar-refractivity contribution >= 4 is 34.4 Å². The number of carbonyl (C=O) groups excluding carboxylic acids is 1. The molecule has 0 amide bonds. The van der Waals surface area contributed by atoms with Crippen LogP contribution in [0.25, 0.3) is 0 Å².